The SMILES string of the molecule is Cc1c(N)cc(C#N)n1CC(=O)N1CCOCC1. The Balaban J connectivity index is 2.13. The minimum Gasteiger partial charge on any atom is -0.397 e. The van der Waals surface area contributed by atoms with Crippen molar-refractivity contribution in [2.45, 2.75) is 13.5 Å². The molecule has 0 aliphatic carbocycles. The summed E-state index contributed by atoms with van der Waals surface area (Å²) < 4.78 is 6.86. The summed E-state index contributed by atoms with van der Waals surface area (Å²) in [7, 11) is 0. The number of rotatable bonds is 2. The number of amides is 1. The molecule has 2 rings (SSSR count). The van der Waals surface area contributed by atoms with Crippen LogP contribution in [0.1, 0.15) is 11.4 Å². The van der Waals surface area contributed by atoms with Crippen LogP contribution in [0.4, 0.5) is 5.69 Å². The second kappa shape index (κ2) is 5.10. The van der Waals surface area contributed by atoms with Gasteiger partial charge in [0.15, 0.2) is 0 Å². The number of hydrogen-bond donors (Lipinski definition) is 1. The Bertz CT molecular complexity index is 495. The van der Waals surface area contributed by atoms with Gasteiger partial charge in [0.05, 0.1) is 18.9 Å². The maximum atomic E-state index is 12.1. The van der Waals surface area contributed by atoms with Crippen LogP contribution >= 0.6 is 0 Å². The number of morpholine rings is 1. The van der Waals surface area contributed by atoms with Gasteiger partial charge in [-0.05, 0) is 13.0 Å². The van der Waals surface area contributed by atoms with Crippen LogP contribution in [0.5, 0.6) is 0 Å². The van der Waals surface area contributed by atoms with E-state index in [9.17, 15) is 4.79 Å². The van der Waals surface area contributed by atoms with E-state index in [1.165, 1.54) is 0 Å². The van der Waals surface area contributed by atoms with Crippen LogP contribution in [0.25, 0.3) is 0 Å². The van der Waals surface area contributed by atoms with E-state index in [1.54, 1.807) is 15.5 Å². The third kappa shape index (κ3) is 2.31. The molecule has 2 N–H and O–H groups in total. The van der Waals surface area contributed by atoms with Crippen molar-refractivity contribution in [3.8, 4) is 6.07 Å². The molecule has 1 aliphatic heterocycles. The van der Waals surface area contributed by atoms with Gasteiger partial charge in [-0.25, -0.2) is 0 Å². The van der Waals surface area contributed by atoms with Crippen LogP contribution in [0.3, 0.4) is 0 Å². The molecule has 1 aromatic rings. The lowest BCUT2D eigenvalue weighted by atomic mass is 10.3. The summed E-state index contributed by atoms with van der Waals surface area (Å²) in [6.45, 7) is 4.33. The highest BCUT2D eigenvalue weighted by molar-refractivity contribution is 5.76. The minimum absolute atomic E-state index is 0.00602. The second-order valence-electron chi connectivity index (χ2n) is 4.26. The largest absolute Gasteiger partial charge is 0.397 e. The van der Waals surface area contributed by atoms with Gasteiger partial charge in [0, 0.05) is 18.8 Å². The summed E-state index contributed by atoms with van der Waals surface area (Å²) >= 11 is 0. The molecule has 2 heterocycles. The zero-order valence-electron chi connectivity index (χ0n) is 10.3. The summed E-state index contributed by atoms with van der Waals surface area (Å²) in [5.41, 5.74) is 7.48. The van der Waals surface area contributed by atoms with E-state index in [0.717, 1.165) is 5.69 Å². The number of ether oxygens (including phenoxy) is 1. The maximum Gasteiger partial charge on any atom is 0.242 e. The van der Waals surface area contributed by atoms with Gasteiger partial charge in [0.25, 0.3) is 0 Å². The average molecular weight is 248 g/mol. The van der Waals surface area contributed by atoms with E-state index in [0.29, 0.717) is 37.7 Å². The Labute approximate surface area is 106 Å². The predicted octanol–water partition coefficient (Wildman–Crippen LogP) is 0.109. The lowest BCUT2D eigenvalue weighted by molar-refractivity contribution is -0.135. The van der Waals surface area contributed by atoms with E-state index in [2.05, 4.69) is 6.07 Å². The molecule has 1 aliphatic rings. The van der Waals surface area contributed by atoms with Crippen molar-refractivity contribution >= 4 is 11.6 Å². The number of nitrogen functional groups attached to an aromatic ring is 1. The first-order valence-corrected chi connectivity index (χ1v) is 5.84. The van der Waals surface area contributed by atoms with Crippen molar-refractivity contribution in [1.29, 1.82) is 5.26 Å². The van der Waals surface area contributed by atoms with Crippen molar-refractivity contribution in [2.75, 3.05) is 32.0 Å². The van der Waals surface area contributed by atoms with Crippen LogP contribution in [-0.2, 0) is 16.1 Å². The van der Waals surface area contributed by atoms with Gasteiger partial charge >= 0.3 is 0 Å². The van der Waals surface area contributed by atoms with E-state index in [4.69, 9.17) is 15.7 Å². The summed E-state index contributed by atoms with van der Waals surface area (Å²) in [6.07, 6.45) is 0. The highest BCUT2D eigenvalue weighted by atomic mass is 16.5. The van der Waals surface area contributed by atoms with Crippen LogP contribution in [0, 0.1) is 18.3 Å². The topological polar surface area (TPSA) is 84.3 Å². The normalized spacial score (nSPS) is 15.4. The first-order chi connectivity index (χ1) is 8.63. The molecule has 1 amide bonds. The van der Waals surface area contributed by atoms with Crippen LogP contribution in [0.2, 0.25) is 0 Å². The third-order valence-corrected chi connectivity index (χ3v) is 3.18. The smallest absolute Gasteiger partial charge is 0.242 e. The molecule has 0 bridgehead atoms. The average Bonchev–Trinajstić information content (AvgIpc) is 2.67. The van der Waals surface area contributed by atoms with Gasteiger partial charge in [-0.1, -0.05) is 0 Å². The van der Waals surface area contributed by atoms with Crippen molar-refractivity contribution < 1.29 is 9.53 Å². The van der Waals surface area contributed by atoms with Crippen molar-refractivity contribution in [3.63, 3.8) is 0 Å². The number of carbonyl (C=O) groups excluding carboxylic acids is 1. The van der Waals surface area contributed by atoms with E-state index in [1.807, 2.05) is 6.92 Å². The van der Waals surface area contributed by atoms with Gasteiger partial charge in [-0.2, -0.15) is 5.26 Å². The fraction of sp³-hybridized carbons (Fsp3) is 0.500. The molecule has 1 fully saturated rings. The number of nitriles is 1. The third-order valence-electron chi connectivity index (χ3n) is 3.18. The molecule has 0 radical (unpaired) electrons. The molecule has 96 valence electrons. The highest BCUT2D eigenvalue weighted by Gasteiger charge is 2.19. The molecule has 1 aromatic heterocycles. The number of nitrogens with two attached hydrogens (primary N) is 1. The lowest BCUT2D eigenvalue weighted by Gasteiger charge is -2.27. The first-order valence-electron chi connectivity index (χ1n) is 5.84. The molecular weight excluding hydrogens is 232 g/mol. The lowest BCUT2D eigenvalue weighted by Crippen LogP contribution is -2.42. The fourth-order valence-electron chi connectivity index (χ4n) is 2.01. The van der Waals surface area contributed by atoms with Crippen LogP contribution in [0.15, 0.2) is 6.07 Å². The summed E-state index contributed by atoms with van der Waals surface area (Å²) in [5, 5.41) is 9.01. The number of carbonyl (C=O) groups is 1. The molecular formula is C12H16N4O2. The first kappa shape index (κ1) is 12.5. The van der Waals surface area contributed by atoms with Crippen molar-refractivity contribution in [3.05, 3.63) is 17.5 Å². The fourth-order valence-corrected chi connectivity index (χ4v) is 2.01. The molecule has 18 heavy (non-hydrogen) atoms. The zero-order valence-corrected chi connectivity index (χ0v) is 10.3. The highest BCUT2D eigenvalue weighted by Crippen LogP contribution is 2.17. The van der Waals surface area contributed by atoms with Crippen molar-refractivity contribution in [1.82, 2.24) is 9.47 Å². The molecule has 1 saturated heterocycles. The zero-order chi connectivity index (χ0) is 13.1. The summed E-state index contributed by atoms with van der Waals surface area (Å²) in [5.74, 6) is -0.00602. The summed E-state index contributed by atoms with van der Waals surface area (Å²) in [6, 6.07) is 3.65. The van der Waals surface area contributed by atoms with Crippen molar-refractivity contribution in [2.24, 2.45) is 0 Å². The monoisotopic (exact) mass is 248 g/mol. The van der Waals surface area contributed by atoms with Crippen LogP contribution < -0.4 is 5.73 Å². The molecule has 0 atom stereocenters. The Hall–Kier alpha value is -2.00. The van der Waals surface area contributed by atoms with E-state index in [-0.39, 0.29) is 12.5 Å². The molecule has 6 heteroatoms. The van der Waals surface area contributed by atoms with Crippen LogP contribution in [-0.4, -0.2) is 41.7 Å². The molecule has 0 spiro atoms. The van der Waals surface area contributed by atoms with Gasteiger partial charge in [-0.15, -0.1) is 0 Å². The Morgan fingerprint density at radius 2 is 2.22 bits per heavy atom. The number of anilines is 1. The summed E-state index contributed by atoms with van der Waals surface area (Å²) in [4.78, 5) is 13.8. The molecule has 6 nitrogen and oxygen atoms in total. The number of nitrogens with zero attached hydrogens (tertiary/aromatic N) is 3. The van der Waals surface area contributed by atoms with Gasteiger partial charge in [0.2, 0.25) is 5.91 Å². The minimum atomic E-state index is -0.00602. The second-order valence-corrected chi connectivity index (χ2v) is 4.26. The molecule has 0 aromatic carbocycles. The molecule has 0 unspecified atom stereocenters. The standard InChI is InChI=1S/C12H16N4O2/c1-9-11(14)6-10(7-13)16(9)8-12(17)15-2-4-18-5-3-15/h6H,2-5,8,14H2,1H3. The van der Waals surface area contributed by atoms with Gasteiger partial charge < -0.3 is 19.9 Å². The number of aromatic nitrogens is 1. The quantitative estimate of drug-likeness (QED) is 0.805. The Morgan fingerprint density at radius 1 is 1.56 bits per heavy atom. The van der Waals surface area contributed by atoms with Gasteiger partial charge in [0.1, 0.15) is 18.3 Å². The Kier molecular flexibility index (Phi) is 3.53. The van der Waals surface area contributed by atoms with E-state index < -0.39 is 0 Å². The Morgan fingerprint density at radius 3 is 2.83 bits per heavy atom. The molecule has 0 saturated carbocycles. The number of hydrogen-bond acceptors (Lipinski definition) is 4. The maximum absolute atomic E-state index is 12.1. The predicted molar refractivity (Wildman–Crippen MR) is 65.7 cm³/mol. The van der Waals surface area contributed by atoms with Gasteiger partial charge in [-0.3, -0.25) is 4.79 Å². The van der Waals surface area contributed by atoms with E-state index >= 15 is 0 Å².